The van der Waals surface area contributed by atoms with Crippen molar-refractivity contribution in [1.29, 1.82) is 0 Å². The van der Waals surface area contributed by atoms with Crippen LogP contribution in [-0.2, 0) is 10.9 Å². The van der Waals surface area contributed by atoms with Crippen molar-refractivity contribution in [2.45, 2.75) is 50.8 Å². The summed E-state index contributed by atoms with van der Waals surface area (Å²) >= 11 is 0. The third-order valence-electron chi connectivity index (χ3n) is 7.37. The molecular formula is C30H28F3N3O3. The minimum atomic E-state index is -4.93. The van der Waals surface area contributed by atoms with Crippen molar-refractivity contribution in [3.05, 3.63) is 89.2 Å². The number of halogens is 3. The van der Waals surface area contributed by atoms with Gasteiger partial charge in [0.05, 0.1) is 18.0 Å². The second-order valence-electron chi connectivity index (χ2n) is 9.88. The number of carboxylic acid groups (broad SMARTS) is 1. The number of carboxylic acids is 1. The summed E-state index contributed by atoms with van der Waals surface area (Å²) < 4.78 is 47.4. The molecule has 1 saturated carbocycles. The number of aromatic nitrogens is 3. The highest BCUT2D eigenvalue weighted by Gasteiger charge is 2.41. The average Bonchev–Trinajstić information content (AvgIpc) is 3.40. The van der Waals surface area contributed by atoms with Crippen molar-refractivity contribution in [3.63, 3.8) is 0 Å². The highest BCUT2D eigenvalue weighted by atomic mass is 19.4. The number of hydrogen-bond acceptors (Lipinski definition) is 4. The van der Waals surface area contributed by atoms with E-state index < -0.39 is 23.4 Å². The normalized spacial score (nSPS) is 17.8. The predicted molar refractivity (Wildman–Crippen MR) is 141 cm³/mol. The van der Waals surface area contributed by atoms with Gasteiger partial charge in [-0.25, -0.2) is 14.5 Å². The Bertz CT molecular complexity index is 1490. The lowest BCUT2D eigenvalue weighted by Crippen LogP contribution is -2.19. The third kappa shape index (κ3) is 5.45. The lowest BCUT2D eigenvalue weighted by Gasteiger charge is -2.28. The molecule has 0 saturated heterocycles. The van der Waals surface area contributed by atoms with Gasteiger partial charge in [-0.05, 0) is 73.4 Å². The highest BCUT2D eigenvalue weighted by Crippen LogP contribution is 2.38. The van der Waals surface area contributed by atoms with Gasteiger partial charge in [0.15, 0.2) is 11.5 Å². The van der Waals surface area contributed by atoms with Gasteiger partial charge in [-0.1, -0.05) is 48.0 Å². The zero-order chi connectivity index (χ0) is 27.7. The van der Waals surface area contributed by atoms with Gasteiger partial charge < -0.3 is 9.84 Å². The summed E-state index contributed by atoms with van der Waals surface area (Å²) in [5.41, 5.74) is 3.02. The van der Waals surface area contributed by atoms with Gasteiger partial charge in [0.1, 0.15) is 5.56 Å². The monoisotopic (exact) mass is 535 g/mol. The fourth-order valence-corrected chi connectivity index (χ4v) is 5.33. The van der Waals surface area contributed by atoms with Crippen molar-refractivity contribution in [1.82, 2.24) is 14.8 Å². The first-order valence-corrected chi connectivity index (χ1v) is 12.8. The topological polar surface area (TPSA) is 77.2 Å². The number of alkyl halides is 3. The molecule has 2 aromatic carbocycles. The maximum Gasteiger partial charge on any atom is 0.434 e. The number of nitrogens with zero attached hydrogens (tertiary/aromatic N) is 3. The summed E-state index contributed by atoms with van der Waals surface area (Å²) in [7, 11) is 1.76. The number of aryl methyl sites for hydroxylation is 1. The van der Waals surface area contributed by atoms with E-state index in [0.29, 0.717) is 28.6 Å². The summed E-state index contributed by atoms with van der Waals surface area (Å²) in [4.78, 5) is 15.9. The van der Waals surface area contributed by atoms with Crippen molar-refractivity contribution < 1.29 is 27.8 Å². The molecule has 0 amide bonds. The number of ether oxygens (including phenoxy) is 1. The summed E-state index contributed by atoms with van der Waals surface area (Å²) in [5.74, 6) is -1.34. The van der Waals surface area contributed by atoms with Crippen LogP contribution in [-0.4, -0.2) is 39.1 Å². The number of rotatable bonds is 6. The molecule has 0 radical (unpaired) electrons. The van der Waals surface area contributed by atoms with Crippen LogP contribution >= 0.6 is 0 Å². The molecular weight excluding hydrogens is 507 g/mol. The van der Waals surface area contributed by atoms with Gasteiger partial charge in [0.25, 0.3) is 0 Å². The second-order valence-corrected chi connectivity index (χ2v) is 9.88. The van der Waals surface area contributed by atoms with Crippen LogP contribution in [0.1, 0.15) is 58.8 Å². The van der Waals surface area contributed by atoms with Gasteiger partial charge in [-0.2, -0.15) is 18.3 Å². The molecule has 1 aliphatic rings. The SMILES string of the molecule is CO[C@H]1CC[C@@H](c2ccc(-c3ccc(C)cc3-c3cccc(-n4ncc(C(=O)O)c4C(F)(F)F)n3)cc2)CC1. The van der Waals surface area contributed by atoms with Gasteiger partial charge in [0, 0.05) is 12.7 Å². The zero-order valence-corrected chi connectivity index (χ0v) is 21.6. The van der Waals surface area contributed by atoms with Crippen molar-refractivity contribution >= 4 is 5.97 Å². The fourth-order valence-electron chi connectivity index (χ4n) is 5.33. The molecule has 0 unspecified atom stereocenters. The molecule has 0 atom stereocenters. The number of hydrogen-bond donors (Lipinski definition) is 1. The van der Waals surface area contributed by atoms with Gasteiger partial charge in [-0.15, -0.1) is 0 Å². The van der Waals surface area contributed by atoms with E-state index in [4.69, 9.17) is 4.74 Å². The highest BCUT2D eigenvalue weighted by molar-refractivity contribution is 5.89. The number of pyridine rings is 1. The minimum absolute atomic E-state index is 0.123. The van der Waals surface area contributed by atoms with Gasteiger partial charge >= 0.3 is 12.1 Å². The smallest absolute Gasteiger partial charge is 0.434 e. The predicted octanol–water partition coefficient (Wildman–Crippen LogP) is 7.30. The van der Waals surface area contributed by atoms with Crippen LogP contribution < -0.4 is 0 Å². The maximum atomic E-state index is 13.8. The Morgan fingerprint density at radius 3 is 2.36 bits per heavy atom. The van der Waals surface area contributed by atoms with Crippen LogP contribution in [0.3, 0.4) is 0 Å². The van der Waals surface area contributed by atoms with Crippen LogP contribution in [0.15, 0.2) is 66.9 Å². The van der Waals surface area contributed by atoms with E-state index in [1.165, 1.54) is 11.6 Å². The van der Waals surface area contributed by atoms with E-state index >= 15 is 0 Å². The summed E-state index contributed by atoms with van der Waals surface area (Å²) in [6, 6.07) is 19.0. The average molecular weight is 536 g/mol. The van der Waals surface area contributed by atoms with Gasteiger partial charge in [0.2, 0.25) is 0 Å². The molecule has 202 valence electrons. The Hall–Kier alpha value is -3.98. The van der Waals surface area contributed by atoms with Crippen molar-refractivity contribution in [2.75, 3.05) is 7.11 Å². The first kappa shape index (κ1) is 26.6. The number of aromatic carboxylic acids is 1. The second kappa shape index (κ2) is 10.6. The Morgan fingerprint density at radius 1 is 1.00 bits per heavy atom. The summed E-state index contributed by atoms with van der Waals surface area (Å²) in [6.07, 6.45) is 0.369. The molecule has 9 heteroatoms. The van der Waals surface area contributed by atoms with Crippen LogP contribution in [0.4, 0.5) is 13.2 Å². The molecule has 5 rings (SSSR count). The van der Waals surface area contributed by atoms with Crippen LogP contribution in [0.2, 0.25) is 0 Å². The maximum absolute atomic E-state index is 13.8. The molecule has 1 fully saturated rings. The molecule has 2 heterocycles. The molecule has 1 N–H and O–H groups in total. The largest absolute Gasteiger partial charge is 0.478 e. The Balaban J connectivity index is 1.51. The molecule has 4 aromatic rings. The van der Waals surface area contributed by atoms with E-state index in [9.17, 15) is 23.1 Å². The van der Waals surface area contributed by atoms with Crippen LogP contribution in [0.25, 0.3) is 28.2 Å². The van der Waals surface area contributed by atoms with Crippen molar-refractivity contribution in [3.8, 4) is 28.2 Å². The number of carbonyl (C=O) groups is 1. The van der Waals surface area contributed by atoms with E-state index in [0.717, 1.165) is 47.9 Å². The Kier molecular flexibility index (Phi) is 7.27. The first-order chi connectivity index (χ1) is 18.7. The molecule has 2 aromatic heterocycles. The lowest BCUT2D eigenvalue weighted by atomic mass is 9.82. The Morgan fingerprint density at radius 2 is 1.72 bits per heavy atom. The molecule has 0 bridgehead atoms. The molecule has 0 aliphatic heterocycles. The van der Waals surface area contributed by atoms with Crippen LogP contribution in [0, 0.1) is 6.92 Å². The van der Waals surface area contributed by atoms with E-state index in [1.54, 1.807) is 19.2 Å². The summed E-state index contributed by atoms with van der Waals surface area (Å²) in [6.45, 7) is 1.94. The van der Waals surface area contributed by atoms with Crippen LogP contribution in [0.5, 0.6) is 0 Å². The summed E-state index contributed by atoms with van der Waals surface area (Å²) in [5, 5.41) is 13.0. The standard InChI is InChI=1S/C30H28F3N3O3/c1-18-6-15-23(21-9-7-19(8-10-21)20-11-13-22(39-2)14-12-20)24(16-18)26-4-3-5-27(35-26)36-28(30(31,32)33)25(17-34-36)29(37)38/h3-10,15-17,20,22H,11-14H2,1-2H3,(H,37,38)/t20-,22+. The van der Waals surface area contributed by atoms with E-state index in [-0.39, 0.29) is 5.82 Å². The molecule has 0 spiro atoms. The van der Waals surface area contributed by atoms with E-state index in [2.05, 4.69) is 34.3 Å². The minimum Gasteiger partial charge on any atom is -0.478 e. The lowest BCUT2D eigenvalue weighted by molar-refractivity contribution is -0.143. The third-order valence-corrected chi connectivity index (χ3v) is 7.37. The molecule has 1 aliphatic carbocycles. The fraction of sp³-hybridized carbons (Fsp3) is 0.300. The molecule has 39 heavy (non-hydrogen) atoms. The van der Waals surface area contributed by atoms with Crippen molar-refractivity contribution in [2.24, 2.45) is 0 Å². The van der Waals surface area contributed by atoms with Gasteiger partial charge in [-0.3, -0.25) is 0 Å². The number of methoxy groups -OCH3 is 1. The molecule has 6 nitrogen and oxygen atoms in total. The van der Waals surface area contributed by atoms with E-state index in [1.807, 2.05) is 25.1 Å². The first-order valence-electron chi connectivity index (χ1n) is 12.8. The zero-order valence-electron chi connectivity index (χ0n) is 21.6. The number of benzene rings is 2. The quantitative estimate of drug-likeness (QED) is 0.280. The Labute approximate surface area is 224 Å².